The molecule has 0 aliphatic heterocycles. The number of nitrogens with one attached hydrogen (secondary N) is 2. The molecule has 1 amide bonds. The van der Waals surface area contributed by atoms with E-state index in [0.29, 0.717) is 13.0 Å². The summed E-state index contributed by atoms with van der Waals surface area (Å²) in [5.74, 6) is -1.02. The fourth-order valence-corrected chi connectivity index (χ4v) is 3.89. The van der Waals surface area contributed by atoms with E-state index >= 15 is 0 Å². The van der Waals surface area contributed by atoms with E-state index in [1.54, 1.807) is 12.1 Å². The molecule has 3 aromatic rings. The summed E-state index contributed by atoms with van der Waals surface area (Å²) < 4.78 is 24.5. The van der Waals surface area contributed by atoms with Crippen molar-refractivity contribution < 1.29 is 13.2 Å². The Balaban J connectivity index is 1.57. The number of H-pyrrole nitrogens is 1. The highest BCUT2D eigenvalue weighted by Crippen LogP contribution is 2.17. The summed E-state index contributed by atoms with van der Waals surface area (Å²) in [5, 5.41) is 3.81. The van der Waals surface area contributed by atoms with E-state index in [-0.39, 0.29) is 4.90 Å². The first-order chi connectivity index (χ1) is 12.0. The molecule has 0 saturated heterocycles. The molecule has 2 N–H and O–H groups in total. The predicted molar refractivity (Wildman–Crippen MR) is 98.2 cm³/mol. The second kappa shape index (κ2) is 7.11. The Morgan fingerprint density at radius 3 is 2.56 bits per heavy atom. The van der Waals surface area contributed by atoms with Crippen molar-refractivity contribution in [3.63, 3.8) is 0 Å². The van der Waals surface area contributed by atoms with Crippen LogP contribution in [-0.4, -0.2) is 31.6 Å². The third-order valence-electron chi connectivity index (χ3n) is 4.09. The molecular formula is C19H20N2O3S. The molecule has 0 saturated carbocycles. The molecule has 0 radical (unpaired) electrons. The van der Waals surface area contributed by atoms with E-state index in [1.807, 2.05) is 37.4 Å². The normalized spacial score (nSPS) is 11.6. The van der Waals surface area contributed by atoms with Crippen LogP contribution in [-0.2, 0) is 21.1 Å². The summed E-state index contributed by atoms with van der Waals surface area (Å²) in [6, 6.07) is 14.4. The van der Waals surface area contributed by atoms with Crippen molar-refractivity contribution in [2.75, 3.05) is 12.3 Å². The van der Waals surface area contributed by atoms with Crippen molar-refractivity contribution in [3.8, 4) is 0 Å². The van der Waals surface area contributed by atoms with E-state index in [9.17, 15) is 13.2 Å². The number of rotatable bonds is 6. The van der Waals surface area contributed by atoms with Gasteiger partial charge in [0.25, 0.3) is 0 Å². The summed E-state index contributed by atoms with van der Waals surface area (Å²) in [7, 11) is -3.61. The number of aromatic amines is 1. The van der Waals surface area contributed by atoms with Gasteiger partial charge in [-0.05, 0) is 37.1 Å². The Hall–Kier alpha value is -2.60. The van der Waals surface area contributed by atoms with Crippen molar-refractivity contribution >= 4 is 26.6 Å². The van der Waals surface area contributed by atoms with Crippen LogP contribution in [0.25, 0.3) is 10.9 Å². The molecule has 3 rings (SSSR count). The van der Waals surface area contributed by atoms with E-state index in [1.165, 1.54) is 12.1 Å². The lowest BCUT2D eigenvalue weighted by atomic mass is 10.1. The highest BCUT2D eigenvalue weighted by molar-refractivity contribution is 7.92. The van der Waals surface area contributed by atoms with Crippen LogP contribution in [0.1, 0.15) is 11.1 Å². The quantitative estimate of drug-likeness (QED) is 0.712. The minimum atomic E-state index is -3.61. The van der Waals surface area contributed by atoms with Gasteiger partial charge in [-0.3, -0.25) is 4.79 Å². The summed E-state index contributed by atoms with van der Waals surface area (Å²) in [6.07, 6.45) is 2.56. The van der Waals surface area contributed by atoms with Crippen molar-refractivity contribution in [3.05, 3.63) is 65.9 Å². The number of aryl methyl sites for hydroxylation is 1. The molecule has 1 heterocycles. The second-order valence-corrected chi connectivity index (χ2v) is 8.02. The Bertz CT molecular complexity index is 989. The summed E-state index contributed by atoms with van der Waals surface area (Å²) in [5.41, 5.74) is 3.12. The number of carbonyl (C=O) groups excluding carboxylic acids is 1. The van der Waals surface area contributed by atoms with Gasteiger partial charge in [0, 0.05) is 23.6 Å². The van der Waals surface area contributed by atoms with Crippen LogP contribution < -0.4 is 5.32 Å². The van der Waals surface area contributed by atoms with Crippen LogP contribution in [0.3, 0.4) is 0 Å². The molecule has 0 aliphatic rings. The third-order valence-corrected chi connectivity index (χ3v) is 5.73. The van der Waals surface area contributed by atoms with Gasteiger partial charge in [-0.1, -0.05) is 35.9 Å². The molecule has 0 unspecified atom stereocenters. The van der Waals surface area contributed by atoms with Crippen LogP contribution in [0.5, 0.6) is 0 Å². The van der Waals surface area contributed by atoms with Crippen LogP contribution in [0.4, 0.5) is 0 Å². The standard InChI is InChI=1S/C19H20N2O3S/c1-14-6-8-16(9-7-14)25(23,24)13-19(22)20-11-10-15-12-21-18-5-3-2-4-17(15)18/h2-9,12,21H,10-11,13H2,1H3,(H,20,22). The Labute approximate surface area is 147 Å². The van der Waals surface area contributed by atoms with Gasteiger partial charge in [0.15, 0.2) is 9.84 Å². The maximum Gasteiger partial charge on any atom is 0.235 e. The lowest BCUT2D eigenvalue weighted by Crippen LogP contribution is -2.31. The first-order valence-corrected chi connectivity index (χ1v) is 9.72. The molecular weight excluding hydrogens is 336 g/mol. The molecule has 6 heteroatoms. The minimum Gasteiger partial charge on any atom is -0.361 e. The van der Waals surface area contributed by atoms with E-state index in [0.717, 1.165) is 22.0 Å². The number of para-hydroxylation sites is 1. The van der Waals surface area contributed by atoms with Gasteiger partial charge in [-0.25, -0.2) is 8.42 Å². The van der Waals surface area contributed by atoms with Gasteiger partial charge in [0.2, 0.25) is 5.91 Å². The Morgan fingerprint density at radius 2 is 1.80 bits per heavy atom. The average molecular weight is 356 g/mol. The molecule has 5 nitrogen and oxygen atoms in total. The molecule has 130 valence electrons. The maximum atomic E-state index is 12.3. The Morgan fingerprint density at radius 1 is 1.08 bits per heavy atom. The maximum absolute atomic E-state index is 12.3. The Kier molecular flexibility index (Phi) is 4.90. The highest BCUT2D eigenvalue weighted by atomic mass is 32.2. The largest absolute Gasteiger partial charge is 0.361 e. The third kappa shape index (κ3) is 4.09. The number of hydrogen-bond donors (Lipinski definition) is 2. The molecule has 0 fully saturated rings. The number of aromatic nitrogens is 1. The number of sulfone groups is 1. The zero-order chi connectivity index (χ0) is 17.9. The summed E-state index contributed by atoms with van der Waals surface area (Å²) >= 11 is 0. The van der Waals surface area contributed by atoms with Gasteiger partial charge in [0.05, 0.1) is 4.90 Å². The monoisotopic (exact) mass is 356 g/mol. The highest BCUT2D eigenvalue weighted by Gasteiger charge is 2.19. The van der Waals surface area contributed by atoms with Gasteiger partial charge in [-0.15, -0.1) is 0 Å². The van der Waals surface area contributed by atoms with E-state index < -0.39 is 21.5 Å². The fraction of sp³-hybridized carbons (Fsp3) is 0.211. The zero-order valence-electron chi connectivity index (χ0n) is 14.0. The number of fused-ring (bicyclic) bond motifs is 1. The minimum absolute atomic E-state index is 0.171. The molecule has 2 aromatic carbocycles. The van der Waals surface area contributed by atoms with Crippen LogP contribution in [0, 0.1) is 6.92 Å². The number of benzene rings is 2. The number of carbonyl (C=O) groups is 1. The van der Waals surface area contributed by atoms with Gasteiger partial charge in [-0.2, -0.15) is 0 Å². The zero-order valence-corrected chi connectivity index (χ0v) is 14.8. The molecule has 0 spiro atoms. The van der Waals surface area contributed by atoms with E-state index in [4.69, 9.17) is 0 Å². The average Bonchev–Trinajstić information content (AvgIpc) is 2.98. The topological polar surface area (TPSA) is 79.0 Å². The molecule has 1 aromatic heterocycles. The summed E-state index contributed by atoms with van der Waals surface area (Å²) in [6.45, 7) is 2.28. The van der Waals surface area contributed by atoms with Gasteiger partial charge >= 0.3 is 0 Å². The first kappa shape index (κ1) is 17.2. The SMILES string of the molecule is Cc1ccc(S(=O)(=O)CC(=O)NCCc2c[nH]c3ccccc23)cc1. The van der Waals surface area contributed by atoms with Crippen LogP contribution in [0.15, 0.2) is 59.6 Å². The van der Waals surface area contributed by atoms with E-state index in [2.05, 4.69) is 10.3 Å². The summed E-state index contributed by atoms with van der Waals surface area (Å²) in [4.78, 5) is 15.3. The molecule has 25 heavy (non-hydrogen) atoms. The lowest BCUT2D eigenvalue weighted by molar-refractivity contribution is -0.118. The van der Waals surface area contributed by atoms with Crippen LogP contribution >= 0.6 is 0 Å². The fourth-order valence-electron chi connectivity index (χ4n) is 2.73. The first-order valence-electron chi connectivity index (χ1n) is 8.07. The molecule has 0 aliphatic carbocycles. The number of hydrogen-bond acceptors (Lipinski definition) is 3. The smallest absolute Gasteiger partial charge is 0.235 e. The van der Waals surface area contributed by atoms with Crippen molar-refractivity contribution in [2.45, 2.75) is 18.2 Å². The van der Waals surface area contributed by atoms with Gasteiger partial charge in [0.1, 0.15) is 5.75 Å². The molecule has 0 atom stereocenters. The second-order valence-electron chi connectivity index (χ2n) is 6.03. The van der Waals surface area contributed by atoms with Crippen molar-refractivity contribution in [2.24, 2.45) is 0 Å². The van der Waals surface area contributed by atoms with Crippen LogP contribution in [0.2, 0.25) is 0 Å². The lowest BCUT2D eigenvalue weighted by Gasteiger charge is -2.07. The predicted octanol–water partition coefficient (Wildman–Crippen LogP) is 2.61. The molecule has 0 bridgehead atoms. The van der Waals surface area contributed by atoms with Gasteiger partial charge < -0.3 is 10.3 Å². The number of amides is 1. The van der Waals surface area contributed by atoms with Crippen molar-refractivity contribution in [1.29, 1.82) is 0 Å². The van der Waals surface area contributed by atoms with Crippen molar-refractivity contribution in [1.82, 2.24) is 10.3 Å².